The van der Waals surface area contributed by atoms with Gasteiger partial charge in [0.15, 0.2) is 17.4 Å². The molecule has 0 aromatic heterocycles. The number of nitrogen functional groups attached to an aromatic ring is 1. The first kappa shape index (κ1) is 13.1. The van der Waals surface area contributed by atoms with Crippen LogP contribution in [0.1, 0.15) is 0 Å². The van der Waals surface area contributed by atoms with Crippen molar-refractivity contribution in [3.8, 4) is 5.75 Å². The Balaban J connectivity index is 2.44. The second-order valence-electron chi connectivity index (χ2n) is 4.09. The Morgan fingerprint density at radius 1 is 1.11 bits per heavy atom. The molecule has 0 aliphatic heterocycles. The van der Waals surface area contributed by atoms with Crippen molar-refractivity contribution >= 4 is 17.1 Å². The molecule has 0 saturated carbocycles. The average molecular weight is 264 g/mol. The van der Waals surface area contributed by atoms with Crippen LogP contribution in [0.15, 0.2) is 36.4 Å². The van der Waals surface area contributed by atoms with E-state index in [9.17, 15) is 8.78 Å². The highest BCUT2D eigenvalue weighted by atomic mass is 19.1. The van der Waals surface area contributed by atoms with Crippen molar-refractivity contribution in [2.45, 2.75) is 0 Å². The van der Waals surface area contributed by atoms with Crippen molar-refractivity contribution in [3.05, 3.63) is 48.0 Å². The maximum Gasteiger partial charge on any atom is 0.167 e. The van der Waals surface area contributed by atoms with Crippen LogP contribution in [0.5, 0.6) is 5.75 Å². The molecular formula is C14H14F2N2O. The van der Waals surface area contributed by atoms with Crippen molar-refractivity contribution in [2.75, 3.05) is 24.8 Å². The zero-order valence-corrected chi connectivity index (χ0v) is 10.7. The molecule has 0 fully saturated rings. The van der Waals surface area contributed by atoms with E-state index in [1.165, 1.54) is 12.0 Å². The minimum absolute atomic E-state index is 0.115. The van der Waals surface area contributed by atoms with Gasteiger partial charge >= 0.3 is 0 Å². The predicted octanol–water partition coefficient (Wildman–Crippen LogP) is 3.32. The summed E-state index contributed by atoms with van der Waals surface area (Å²) in [6.45, 7) is 0. The first-order valence-electron chi connectivity index (χ1n) is 5.65. The number of methoxy groups -OCH3 is 1. The second kappa shape index (κ2) is 5.14. The number of halogens is 2. The van der Waals surface area contributed by atoms with Gasteiger partial charge < -0.3 is 15.4 Å². The Hall–Kier alpha value is -2.30. The third kappa shape index (κ3) is 2.59. The van der Waals surface area contributed by atoms with Crippen LogP contribution < -0.4 is 15.4 Å². The van der Waals surface area contributed by atoms with Crippen molar-refractivity contribution in [1.29, 1.82) is 0 Å². The van der Waals surface area contributed by atoms with Crippen LogP contribution in [0.3, 0.4) is 0 Å². The van der Waals surface area contributed by atoms with Crippen LogP contribution >= 0.6 is 0 Å². The normalized spacial score (nSPS) is 10.3. The molecule has 0 atom stereocenters. The molecular weight excluding hydrogens is 250 g/mol. The fraction of sp³-hybridized carbons (Fsp3) is 0.143. The van der Waals surface area contributed by atoms with Gasteiger partial charge in [-0.3, -0.25) is 0 Å². The molecule has 5 heteroatoms. The lowest BCUT2D eigenvalue weighted by Gasteiger charge is -2.21. The summed E-state index contributed by atoms with van der Waals surface area (Å²) in [6.07, 6.45) is 0. The fourth-order valence-electron chi connectivity index (χ4n) is 1.80. The first-order valence-corrected chi connectivity index (χ1v) is 5.65. The molecule has 0 aliphatic rings. The van der Waals surface area contributed by atoms with Gasteiger partial charge in [-0.15, -0.1) is 0 Å². The van der Waals surface area contributed by atoms with E-state index in [4.69, 9.17) is 10.5 Å². The Kier molecular flexibility index (Phi) is 3.55. The highest BCUT2D eigenvalue weighted by molar-refractivity contribution is 5.67. The van der Waals surface area contributed by atoms with E-state index < -0.39 is 11.6 Å². The zero-order valence-electron chi connectivity index (χ0n) is 10.7. The zero-order chi connectivity index (χ0) is 14.0. The molecule has 2 rings (SSSR count). The van der Waals surface area contributed by atoms with Crippen molar-refractivity contribution < 1.29 is 13.5 Å². The van der Waals surface area contributed by atoms with Gasteiger partial charge in [-0.05, 0) is 18.2 Å². The SMILES string of the molecule is COc1cc(F)c(N(C)c2cccc(N)c2)cc1F. The molecule has 2 aromatic carbocycles. The van der Waals surface area contributed by atoms with Gasteiger partial charge in [0.1, 0.15) is 0 Å². The average Bonchev–Trinajstić information content (AvgIpc) is 2.40. The maximum absolute atomic E-state index is 13.9. The summed E-state index contributed by atoms with van der Waals surface area (Å²) in [5.74, 6) is -1.31. The molecule has 2 N–H and O–H groups in total. The number of benzene rings is 2. The number of ether oxygens (including phenoxy) is 1. The van der Waals surface area contributed by atoms with E-state index in [-0.39, 0.29) is 11.4 Å². The maximum atomic E-state index is 13.9. The largest absolute Gasteiger partial charge is 0.494 e. The van der Waals surface area contributed by atoms with E-state index in [1.807, 2.05) is 0 Å². The quantitative estimate of drug-likeness (QED) is 0.864. The molecule has 3 nitrogen and oxygen atoms in total. The fourth-order valence-corrected chi connectivity index (χ4v) is 1.80. The van der Waals surface area contributed by atoms with E-state index >= 15 is 0 Å². The van der Waals surface area contributed by atoms with Crippen LogP contribution in [-0.2, 0) is 0 Å². The monoisotopic (exact) mass is 264 g/mol. The molecule has 19 heavy (non-hydrogen) atoms. The lowest BCUT2D eigenvalue weighted by atomic mass is 10.2. The number of hydrogen-bond donors (Lipinski definition) is 1. The number of hydrogen-bond acceptors (Lipinski definition) is 3. The van der Waals surface area contributed by atoms with Gasteiger partial charge in [-0.25, -0.2) is 8.78 Å². The summed E-state index contributed by atoms with van der Waals surface area (Å²) in [6, 6.07) is 9.03. The summed E-state index contributed by atoms with van der Waals surface area (Å²) >= 11 is 0. The third-order valence-corrected chi connectivity index (χ3v) is 2.84. The van der Waals surface area contributed by atoms with Crippen molar-refractivity contribution in [2.24, 2.45) is 0 Å². The van der Waals surface area contributed by atoms with Crippen LogP contribution in [0.4, 0.5) is 25.8 Å². The van der Waals surface area contributed by atoms with E-state index in [2.05, 4.69) is 0 Å². The molecule has 0 saturated heterocycles. The van der Waals surface area contributed by atoms with E-state index in [0.29, 0.717) is 11.4 Å². The molecule has 0 bridgehead atoms. The lowest BCUT2D eigenvalue weighted by Crippen LogP contribution is -2.12. The molecule has 0 radical (unpaired) electrons. The van der Waals surface area contributed by atoms with Crippen LogP contribution in [0.2, 0.25) is 0 Å². The minimum atomic E-state index is -0.616. The van der Waals surface area contributed by atoms with Gasteiger partial charge in [0.25, 0.3) is 0 Å². The Morgan fingerprint density at radius 3 is 2.47 bits per heavy atom. The topological polar surface area (TPSA) is 38.5 Å². The molecule has 0 amide bonds. The molecule has 0 aliphatic carbocycles. The van der Waals surface area contributed by atoms with Gasteiger partial charge in [0.2, 0.25) is 0 Å². The number of rotatable bonds is 3. The molecule has 0 heterocycles. The summed E-state index contributed by atoms with van der Waals surface area (Å²) in [5.41, 5.74) is 7.01. The summed E-state index contributed by atoms with van der Waals surface area (Å²) in [5, 5.41) is 0. The van der Waals surface area contributed by atoms with Crippen LogP contribution in [0.25, 0.3) is 0 Å². The molecule has 0 spiro atoms. The van der Waals surface area contributed by atoms with Crippen molar-refractivity contribution in [3.63, 3.8) is 0 Å². The number of nitrogens with zero attached hydrogens (tertiary/aromatic N) is 1. The van der Waals surface area contributed by atoms with Crippen LogP contribution in [-0.4, -0.2) is 14.2 Å². The van der Waals surface area contributed by atoms with Crippen LogP contribution in [0, 0.1) is 11.6 Å². The van der Waals surface area contributed by atoms with Gasteiger partial charge in [-0.2, -0.15) is 0 Å². The summed E-state index contributed by atoms with van der Waals surface area (Å²) in [7, 11) is 2.93. The smallest absolute Gasteiger partial charge is 0.167 e. The molecule has 100 valence electrons. The standard InChI is InChI=1S/C14H14F2N2O/c1-18(10-5-3-4-9(17)6-10)13-7-12(16)14(19-2)8-11(13)15/h3-8H,17H2,1-2H3. The van der Waals surface area contributed by atoms with Gasteiger partial charge in [0, 0.05) is 30.6 Å². The van der Waals surface area contributed by atoms with Gasteiger partial charge in [-0.1, -0.05) is 6.07 Å². The summed E-state index contributed by atoms with van der Waals surface area (Å²) in [4.78, 5) is 1.52. The number of nitrogens with two attached hydrogens (primary N) is 1. The molecule has 0 unspecified atom stereocenters. The predicted molar refractivity (Wildman–Crippen MR) is 71.8 cm³/mol. The van der Waals surface area contributed by atoms with Gasteiger partial charge in [0.05, 0.1) is 12.8 Å². The van der Waals surface area contributed by atoms with E-state index in [1.54, 1.807) is 31.3 Å². The van der Waals surface area contributed by atoms with E-state index in [0.717, 1.165) is 12.1 Å². The molecule has 2 aromatic rings. The number of anilines is 3. The highest BCUT2D eigenvalue weighted by Gasteiger charge is 2.14. The Morgan fingerprint density at radius 2 is 1.84 bits per heavy atom. The highest BCUT2D eigenvalue weighted by Crippen LogP contribution is 2.31. The minimum Gasteiger partial charge on any atom is -0.494 e. The summed E-state index contributed by atoms with van der Waals surface area (Å²) < 4.78 is 32.3. The lowest BCUT2D eigenvalue weighted by molar-refractivity contribution is 0.383. The third-order valence-electron chi connectivity index (χ3n) is 2.84. The second-order valence-corrected chi connectivity index (χ2v) is 4.09. The Labute approximate surface area is 110 Å². The first-order chi connectivity index (χ1) is 9.02. The van der Waals surface area contributed by atoms with Crippen molar-refractivity contribution in [1.82, 2.24) is 0 Å². The Bertz CT molecular complexity index is 602.